The average molecular weight is 302 g/mol. The van der Waals surface area contributed by atoms with Crippen molar-refractivity contribution >= 4 is 11.8 Å². The van der Waals surface area contributed by atoms with E-state index in [2.05, 4.69) is 9.88 Å². The molecule has 6 nitrogen and oxygen atoms in total. The van der Waals surface area contributed by atoms with Crippen molar-refractivity contribution in [3.8, 4) is 0 Å². The number of aromatic nitrogens is 1. The third kappa shape index (κ3) is 3.62. The molecule has 2 aliphatic heterocycles. The molecule has 0 aromatic carbocycles. The molecular weight excluding hydrogens is 280 g/mol. The Hall–Kier alpha value is -1.95. The number of piperazine rings is 1. The zero-order valence-electron chi connectivity index (χ0n) is 12.8. The Bertz CT molecular complexity index is 526. The van der Waals surface area contributed by atoms with Crippen LogP contribution in [0, 0.1) is 0 Å². The van der Waals surface area contributed by atoms with Crippen LogP contribution in [0.3, 0.4) is 0 Å². The lowest BCUT2D eigenvalue weighted by atomic mass is 10.2. The maximum atomic E-state index is 12.3. The molecule has 0 unspecified atom stereocenters. The maximum Gasteiger partial charge on any atom is 0.242 e. The molecule has 0 atom stereocenters. The number of nitrogens with zero attached hydrogens (tertiary/aromatic N) is 4. The van der Waals surface area contributed by atoms with Crippen molar-refractivity contribution in [1.29, 1.82) is 0 Å². The van der Waals surface area contributed by atoms with Crippen molar-refractivity contribution in [2.45, 2.75) is 19.4 Å². The van der Waals surface area contributed by atoms with Crippen LogP contribution < -0.4 is 0 Å². The van der Waals surface area contributed by atoms with Crippen molar-refractivity contribution in [3.05, 3.63) is 30.1 Å². The summed E-state index contributed by atoms with van der Waals surface area (Å²) in [6.45, 7) is 5.12. The van der Waals surface area contributed by atoms with Crippen LogP contribution in [-0.4, -0.2) is 70.8 Å². The highest BCUT2D eigenvalue weighted by Gasteiger charge is 2.26. The first-order chi connectivity index (χ1) is 10.7. The summed E-state index contributed by atoms with van der Waals surface area (Å²) in [7, 11) is 0. The van der Waals surface area contributed by atoms with Crippen LogP contribution in [0.2, 0.25) is 0 Å². The van der Waals surface area contributed by atoms with E-state index in [1.54, 1.807) is 4.90 Å². The molecule has 3 rings (SSSR count). The summed E-state index contributed by atoms with van der Waals surface area (Å²) in [5.74, 6) is 0.198. The van der Waals surface area contributed by atoms with Crippen LogP contribution >= 0.6 is 0 Å². The van der Waals surface area contributed by atoms with Crippen LogP contribution in [0.4, 0.5) is 0 Å². The van der Waals surface area contributed by atoms with E-state index in [0.29, 0.717) is 6.42 Å². The Kier molecular flexibility index (Phi) is 4.68. The number of rotatable bonds is 4. The van der Waals surface area contributed by atoms with Crippen molar-refractivity contribution < 1.29 is 9.59 Å². The molecule has 2 amide bonds. The minimum Gasteiger partial charge on any atom is -0.339 e. The average Bonchev–Trinajstić information content (AvgIpc) is 2.94. The fraction of sp³-hybridized carbons (Fsp3) is 0.562. The van der Waals surface area contributed by atoms with E-state index >= 15 is 0 Å². The smallest absolute Gasteiger partial charge is 0.242 e. The zero-order valence-corrected chi connectivity index (χ0v) is 12.8. The van der Waals surface area contributed by atoms with Crippen LogP contribution in [-0.2, 0) is 16.1 Å². The standard InChI is InChI=1S/C16H22N4O2/c21-15-2-1-7-20(15)13-16(22)19-10-8-18(9-11-19)12-14-3-5-17-6-4-14/h3-6H,1-2,7-13H2. The third-order valence-electron chi connectivity index (χ3n) is 4.38. The summed E-state index contributed by atoms with van der Waals surface area (Å²) in [5.41, 5.74) is 1.25. The molecule has 2 fully saturated rings. The van der Waals surface area contributed by atoms with Crippen molar-refractivity contribution in [3.63, 3.8) is 0 Å². The second-order valence-electron chi connectivity index (χ2n) is 5.93. The topological polar surface area (TPSA) is 56.8 Å². The third-order valence-corrected chi connectivity index (χ3v) is 4.38. The first-order valence-corrected chi connectivity index (χ1v) is 7.89. The van der Waals surface area contributed by atoms with Gasteiger partial charge in [0, 0.05) is 58.1 Å². The predicted octanol–water partition coefficient (Wildman–Crippen LogP) is 0.348. The van der Waals surface area contributed by atoms with Gasteiger partial charge < -0.3 is 9.80 Å². The van der Waals surface area contributed by atoms with Gasteiger partial charge in [0.15, 0.2) is 0 Å². The number of hydrogen-bond acceptors (Lipinski definition) is 4. The van der Waals surface area contributed by atoms with Gasteiger partial charge >= 0.3 is 0 Å². The normalized spacial score (nSPS) is 19.7. The number of pyridine rings is 1. The largest absolute Gasteiger partial charge is 0.339 e. The SMILES string of the molecule is O=C(CN1CCCC1=O)N1CCN(Cc2ccncc2)CC1. The minimum absolute atomic E-state index is 0.0822. The number of carbonyl (C=O) groups excluding carboxylic acids is 2. The van der Waals surface area contributed by atoms with E-state index < -0.39 is 0 Å². The van der Waals surface area contributed by atoms with E-state index in [0.717, 1.165) is 45.7 Å². The summed E-state index contributed by atoms with van der Waals surface area (Å²) >= 11 is 0. The molecule has 1 aromatic heterocycles. The van der Waals surface area contributed by atoms with Gasteiger partial charge in [0.05, 0.1) is 6.54 Å². The lowest BCUT2D eigenvalue weighted by Crippen LogP contribution is -2.51. The molecule has 2 aliphatic rings. The van der Waals surface area contributed by atoms with E-state index in [1.165, 1.54) is 5.56 Å². The van der Waals surface area contributed by atoms with Gasteiger partial charge in [0.1, 0.15) is 0 Å². The van der Waals surface area contributed by atoms with E-state index in [4.69, 9.17) is 0 Å². The van der Waals surface area contributed by atoms with Crippen LogP contribution in [0.5, 0.6) is 0 Å². The van der Waals surface area contributed by atoms with Crippen molar-refractivity contribution in [2.75, 3.05) is 39.3 Å². The number of carbonyl (C=O) groups is 2. The highest BCUT2D eigenvalue weighted by Crippen LogP contribution is 2.11. The molecule has 0 bridgehead atoms. The van der Waals surface area contributed by atoms with Gasteiger partial charge in [-0.25, -0.2) is 0 Å². The van der Waals surface area contributed by atoms with E-state index in [1.807, 2.05) is 29.4 Å². The Morgan fingerprint density at radius 2 is 1.82 bits per heavy atom. The number of amides is 2. The Labute approximate surface area is 130 Å². The van der Waals surface area contributed by atoms with Gasteiger partial charge in [-0.1, -0.05) is 0 Å². The zero-order chi connectivity index (χ0) is 15.4. The van der Waals surface area contributed by atoms with Crippen LogP contribution in [0.25, 0.3) is 0 Å². The molecule has 3 heterocycles. The van der Waals surface area contributed by atoms with E-state index in [9.17, 15) is 9.59 Å². The molecule has 0 radical (unpaired) electrons. The van der Waals surface area contributed by atoms with Gasteiger partial charge in [-0.05, 0) is 24.1 Å². The summed E-state index contributed by atoms with van der Waals surface area (Å²) < 4.78 is 0. The van der Waals surface area contributed by atoms with Gasteiger partial charge in [0.2, 0.25) is 11.8 Å². The molecule has 0 aliphatic carbocycles. The van der Waals surface area contributed by atoms with Crippen LogP contribution in [0.1, 0.15) is 18.4 Å². The molecule has 1 aromatic rings. The highest BCUT2D eigenvalue weighted by atomic mass is 16.2. The molecule has 0 N–H and O–H groups in total. The number of hydrogen-bond donors (Lipinski definition) is 0. The molecule has 0 spiro atoms. The lowest BCUT2D eigenvalue weighted by Gasteiger charge is -2.35. The Morgan fingerprint density at radius 1 is 1.09 bits per heavy atom. The first-order valence-electron chi connectivity index (χ1n) is 7.89. The summed E-state index contributed by atoms with van der Waals surface area (Å²) in [6.07, 6.45) is 5.09. The van der Waals surface area contributed by atoms with Gasteiger partial charge in [0.25, 0.3) is 0 Å². The number of likely N-dealkylation sites (tertiary alicyclic amines) is 1. The fourth-order valence-electron chi connectivity index (χ4n) is 3.04. The van der Waals surface area contributed by atoms with Gasteiger partial charge in [-0.15, -0.1) is 0 Å². The molecule has 0 saturated carbocycles. The summed E-state index contributed by atoms with van der Waals surface area (Å²) in [4.78, 5) is 33.8. The summed E-state index contributed by atoms with van der Waals surface area (Å²) in [5, 5.41) is 0. The maximum absolute atomic E-state index is 12.3. The predicted molar refractivity (Wildman–Crippen MR) is 81.9 cm³/mol. The Balaban J connectivity index is 1.45. The Morgan fingerprint density at radius 3 is 2.45 bits per heavy atom. The quantitative estimate of drug-likeness (QED) is 0.805. The molecule has 6 heteroatoms. The monoisotopic (exact) mass is 302 g/mol. The summed E-state index contributed by atoms with van der Waals surface area (Å²) in [6, 6.07) is 4.05. The molecule has 2 saturated heterocycles. The second kappa shape index (κ2) is 6.87. The minimum atomic E-state index is 0.0822. The van der Waals surface area contributed by atoms with Gasteiger partial charge in [-0.3, -0.25) is 19.5 Å². The molecular formula is C16H22N4O2. The highest BCUT2D eigenvalue weighted by molar-refractivity contribution is 5.85. The van der Waals surface area contributed by atoms with Crippen LogP contribution in [0.15, 0.2) is 24.5 Å². The second-order valence-corrected chi connectivity index (χ2v) is 5.93. The van der Waals surface area contributed by atoms with E-state index in [-0.39, 0.29) is 18.4 Å². The fourth-order valence-corrected chi connectivity index (χ4v) is 3.04. The van der Waals surface area contributed by atoms with Crippen molar-refractivity contribution in [2.24, 2.45) is 0 Å². The lowest BCUT2D eigenvalue weighted by molar-refractivity contribution is -0.139. The first kappa shape index (κ1) is 15.0. The molecule has 118 valence electrons. The molecule has 22 heavy (non-hydrogen) atoms. The van der Waals surface area contributed by atoms with Crippen molar-refractivity contribution in [1.82, 2.24) is 19.7 Å². The van der Waals surface area contributed by atoms with Gasteiger partial charge in [-0.2, -0.15) is 0 Å².